The zero-order chi connectivity index (χ0) is 26.4. The lowest BCUT2D eigenvalue weighted by Crippen LogP contribution is -2.33. The van der Waals surface area contributed by atoms with Gasteiger partial charge in [0.15, 0.2) is 29.0 Å². The number of fused-ring (bicyclic) bond motifs is 2. The Bertz CT molecular complexity index is 1810. The fraction of sp³-hybridized carbons (Fsp3) is 0. The van der Waals surface area contributed by atoms with Gasteiger partial charge in [-0.2, -0.15) is 15.1 Å². The third-order valence-corrected chi connectivity index (χ3v) is 5.97. The molecule has 0 saturated heterocycles. The molecule has 0 aliphatic rings. The molecule has 4 aromatic carbocycles. The van der Waals surface area contributed by atoms with E-state index in [0.29, 0.717) is 11.3 Å². The maximum Gasteiger partial charge on any atom is 0.219 e. The largest absolute Gasteiger partial charge is 0.238 e. The minimum atomic E-state index is -2.30. The molecule has 1 heterocycles. The highest BCUT2D eigenvalue weighted by molar-refractivity contribution is 6.08. The predicted molar refractivity (Wildman–Crippen MR) is 124 cm³/mol. The summed E-state index contributed by atoms with van der Waals surface area (Å²) in [5, 5.41) is 18.7. The Balaban J connectivity index is 2.08. The van der Waals surface area contributed by atoms with Gasteiger partial charge in [-0.25, -0.2) is 26.8 Å². The van der Waals surface area contributed by atoms with E-state index in [4.69, 9.17) is 11.8 Å². The average Bonchev–Trinajstić information content (AvgIpc) is 2.94. The van der Waals surface area contributed by atoms with Gasteiger partial charge in [0.25, 0.3) is 0 Å². The highest BCUT2D eigenvalue weighted by atomic mass is 19.2. The van der Waals surface area contributed by atoms with Crippen LogP contribution in [0.25, 0.3) is 43.5 Å². The normalized spacial score (nSPS) is 10.8. The highest BCUT2D eigenvalue weighted by Crippen LogP contribution is 2.41. The number of halogens is 5. The molecular weight excluding hydrogens is 487 g/mol. The first-order valence-electron chi connectivity index (χ1n) is 10.6. The van der Waals surface area contributed by atoms with Crippen LogP contribution >= 0.6 is 0 Å². The molecule has 0 bridgehead atoms. The van der Waals surface area contributed by atoms with E-state index in [9.17, 15) is 18.4 Å². The maximum absolute atomic E-state index is 15.1. The molecule has 5 rings (SSSR count). The molecule has 0 N–H and O–H groups in total. The molecule has 9 heteroatoms. The Morgan fingerprint density at radius 3 is 1.70 bits per heavy atom. The van der Waals surface area contributed by atoms with Crippen LogP contribution in [0.2, 0.25) is 0 Å². The summed E-state index contributed by atoms with van der Waals surface area (Å²) < 4.78 is 74.4. The minimum Gasteiger partial charge on any atom is -0.238 e. The molecule has 1 aromatic heterocycles. The smallest absolute Gasteiger partial charge is 0.219 e. The van der Waals surface area contributed by atoms with Crippen molar-refractivity contribution in [1.82, 2.24) is 0 Å². The van der Waals surface area contributed by atoms with Crippen molar-refractivity contribution in [3.05, 3.63) is 112 Å². The summed E-state index contributed by atoms with van der Waals surface area (Å²) in [6, 6.07) is 18.7. The molecule has 4 nitrogen and oxygen atoms in total. The van der Waals surface area contributed by atoms with Gasteiger partial charge in [0, 0.05) is 35.2 Å². The van der Waals surface area contributed by atoms with Gasteiger partial charge < -0.3 is 0 Å². The Labute approximate surface area is 206 Å². The second-order valence-electron chi connectivity index (χ2n) is 7.97. The van der Waals surface area contributed by atoms with Gasteiger partial charge in [-0.05, 0) is 36.4 Å². The van der Waals surface area contributed by atoms with E-state index >= 15 is 8.78 Å². The first-order chi connectivity index (χ1) is 17.8. The molecule has 0 amide bonds. The summed E-state index contributed by atoms with van der Waals surface area (Å²) >= 11 is 0. The van der Waals surface area contributed by atoms with E-state index in [1.807, 2.05) is 12.1 Å². The highest BCUT2D eigenvalue weighted by Gasteiger charge is 2.32. The van der Waals surface area contributed by atoms with Crippen molar-refractivity contribution in [2.24, 2.45) is 0 Å². The molecular formula is C28H10F5N4+. The molecule has 0 atom stereocenters. The standard InChI is InChI=1S/C28H10F5N4/c1-36-16-5-9-21-19(11-16)22(23-24(29)26(31)28(33)27(32)25(23)30)18-10-15(13-35)4-8-20(18)37(21)17-6-2-14(12-34)3-7-17/h2-11H/q+1. The first kappa shape index (κ1) is 23.4. The van der Waals surface area contributed by atoms with E-state index < -0.39 is 34.6 Å². The van der Waals surface area contributed by atoms with Gasteiger partial charge in [0.05, 0.1) is 40.8 Å². The van der Waals surface area contributed by atoms with E-state index in [1.54, 1.807) is 28.8 Å². The van der Waals surface area contributed by atoms with Crippen molar-refractivity contribution < 1.29 is 26.5 Å². The maximum atomic E-state index is 15.1. The van der Waals surface area contributed by atoms with E-state index in [0.717, 1.165) is 0 Å². The number of hydrogen-bond acceptors (Lipinski definition) is 2. The lowest BCUT2D eigenvalue weighted by Gasteiger charge is -2.15. The molecule has 176 valence electrons. The van der Waals surface area contributed by atoms with Crippen LogP contribution in [0.5, 0.6) is 0 Å². The minimum absolute atomic E-state index is 0.0150. The van der Waals surface area contributed by atoms with Crippen molar-refractivity contribution in [3.63, 3.8) is 0 Å². The van der Waals surface area contributed by atoms with Crippen LogP contribution in [0.15, 0.2) is 60.7 Å². The van der Waals surface area contributed by atoms with E-state index in [-0.39, 0.29) is 38.6 Å². The Kier molecular flexibility index (Phi) is 5.51. The molecule has 5 aromatic rings. The molecule has 0 spiro atoms. The lowest BCUT2D eigenvalue weighted by molar-refractivity contribution is -0.537. The molecule has 0 fully saturated rings. The average molecular weight is 497 g/mol. The molecule has 0 saturated carbocycles. The zero-order valence-corrected chi connectivity index (χ0v) is 18.5. The fourth-order valence-electron chi connectivity index (χ4n) is 4.32. The van der Waals surface area contributed by atoms with Crippen LogP contribution in [0.1, 0.15) is 11.1 Å². The summed E-state index contributed by atoms with van der Waals surface area (Å²) in [5.41, 5.74) is 0.0561. The van der Waals surface area contributed by atoms with E-state index in [2.05, 4.69) is 4.85 Å². The van der Waals surface area contributed by atoms with Crippen LogP contribution in [0.3, 0.4) is 0 Å². The summed E-state index contributed by atoms with van der Waals surface area (Å²) in [4.78, 5) is 3.35. The Morgan fingerprint density at radius 1 is 0.622 bits per heavy atom. The summed E-state index contributed by atoms with van der Waals surface area (Å²) in [7, 11) is 0. The van der Waals surface area contributed by atoms with Crippen LogP contribution in [-0.2, 0) is 0 Å². The quantitative estimate of drug-likeness (QED) is 0.0664. The Morgan fingerprint density at radius 2 is 1.14 bits per heavy atom. The fourth-order valence-corrected chi connectivity index (χ4v) is 4.32. The monoisotopic (exact) mass is 497 g/mol. The number of hydrogen-bond donors (Lipinski definition) is 0. The van der Waals surface area contributed by atoms with Gasteiger partial charge in [0.1, 0.15) is 0 Å². The first-order valence-corrected chi connectivity index (χ1v) is 10.6. The van der Waals surface area contributed by atoms with Crippen LogP contribution in [-0.4, -0.2) is 0 Å². The number of rotatable bonds is 2. The van der Waals surface area contributed by atoms with Crippen molar-refractivity contribution in [1.29, 1.82) is 10.5 Å². The molecule has 0 unspecified atom stereocenters. The number of nitriles is 2. The van der Waals surface area contributed by atoms with Gasteiger partial charge in [-0.15, -0.1) is 0 Å². The topological polar surface area (TPSA) is 55.8 Å². The second kappa shape index (κ2) is 8.71. The van der Waals surface area contributed by atoms with Crippen molar-refractivity contribution in [2.45, 2.75) is 0 Å². The summed E-state index contributed by atoms with van der Waals surface area (Å²) in [5.74, 6) is -10.6. The lowest BCUT2D eigenvalue weighted by atomic mass is 9.93. The predicted octanol–water partition coefficient (Wildman–Crippen LogP) is 6.93. The second-order valence-corrected chi connectivity index (χ2v) is 7.97. The van der Waals surface area contributed by atoms with Crippen LogP contribution in [0.4, 0.5) is 27.6 Å². The number of pyridine rings is 1. The summed E-state index contributed by atoms with van der Waals surface area (Å²) in [6.45, 7) is 7.39. The van der Waals surface area contributed by atoms with Gasteiger partial charge in [0.2, 0.25) is 22.5 Å². The molecule has 0 radical (unpaired) electrons. The van der Waals surface area contributed by atoms with Gasteiger partial charge in [-0.1, -0.05) is 0 Å². The van der Waals surface area contributed by atoms with Crippen molar-refractivity contribution >= 4 is 27.5 Å². The van der Waals surface area contributed by atoms with Gasteiger partial charge >= 0.3 is 0 Å². The molecule has 37 heavy (non-hydrogen) atoms. The third-order valence-electron chi connectivity index (χ3n) is 5.97. The van der Waals surface area contributed by atoms with E-state index in [1.165, 1.54) is 36.4 Å². The number of benzene rings is 4. The van der Waals surface area contributed by atoms with Crippen molar-refractivity contribution in [3.8, 4) is 29.0 Å². The van der Waals surface area contributed by atoms with Gasteiger partial charge in [-0.3, -0.25) is 0 Å². The van der Waals surface area contributed by atoms with Crippen LogP contribution in [0, 0.1) is 58.3 Å². The number of aromatic nitrogens is 1. The molecule has 0 aliphatic heterocycles. The summed E-state index contributed by atoms with van der Waals surface area (Å²) in [6.07, 6.45) is 0. The Hall–Kier alpha value is -5.33. The van der Waals surface area contributed by atoms with Crippen LogP contribution < -0.4 is 4.57 Å². The third kappa shape index (κ3) is 3.52. The van der Waals surface area contributed by atoms with Crippen molar-refractivity contribution in [2.75, 3.05) is 0 Å². The molecule has 0 aliphatic carbocycles. The SMILES string of the molecule is [C-]#[N+]c1ccc2c(c1)c(-c1c(F)c(F)c(F)c(F)c1F)c1cc(C#N)ccc1[n+]2-c1ccc(C#N)cc1. The number of nitrogens with zero attached hydrogens (tertiary/aromatic N) is 4. The zero-order valence-electron chi connectivity index (χ0n) is 18.5.